The van der Waals surface area contributed by atoms with Crippen molar-refractivity contribution in [3.63, 3.8) is 0 Å². The smallest absolute Gasteiger partial charge is 0.191 e. The molecule has 0 atom stereocenters. The molecule has 0 radical (unpaired) electrons. The first kappa shape index (κ1) is 17.2. The number of benzene rings is 1. The minimum atomic E-state index is -0.915. The van der Waals surface area contributed by atoms with Crippen molar-refractivity contribution in [2.24, 2.45) is 4.99 Å². The lowest BCUT2D eigenvalue weighted by Gasteiger charge is -2.12. The third kappa shape index (κ3) is 5.86. The monoisotopic (exact) mass is 339 g/mol. The average Bonchev–Trinajstić information content (AvgIpc) is 3.06. The van der Waals surface area contributed by atoms with Crippen molar-refractivity contribution in [3.05, 3.63) is 52.2 Å². The number of halogens is 2. The van der Waals surface area contributed by atoms with Gasteiger partial charge in [0, 0.05) is 17.5 Å². The molecule has 0 aliphatic carbocycles. The Morgan fingerprint density at radius 1 is 1.22 bits per heavy atom. The highest BCUT2D eigenvalue weighted by Crippen LogP contribution is 2.15. The predicted molar refractivity (Wildman–Crippen MR) is 89.0 cm³/mol. The third-order valence-electron chi connectivity index (χ3n) is 2.87. The van der Waals surface area contributed by atoms with E-state index in [1.807, 2.05) is 24.4 Å². The summed E-state index contributed by atoms with van der Waals surface area (Å²) in [6.45, 7) is 4.15. The number of hydrogen-bond acceptors (Lipinski definition) is 3. The van der Waals surface area contributed by atoms with Crippen LogP contribution in [0.2, 0.25) is 0 Å². The number of nitrogens with one attached hydrogen (secondary N) is 2. The lowest BCUT2D eigenvalue weighted by molar-refractivity contribution is 0.318. The van der Waals surface area contributed by atoms with E-state index in [1.54, 1.807) is 11.3 Å². The molecule has 0 aliphatic rings. The van der Waals surface area contributed by atoms with Crippen LogP contribution >= 0.6 is 11.3 Å². The summed E-state index contributed by atoms with van der Waals surface area (Å²) in [5.41, 5.74) is 0. The number of thiophene rings is 1. The van der Waals surface area contributed by atoms with Gasteiger partial charge in [-0.25, -0.2) is 13.8 Å². The van der Waals surface area contributed by atoms with Crippen LogP contribution in [0.25, 0.3) is 0 Å². The highest BCUT2D eigenvalue weighted by Gasteiger charge is 2.03. The minimum Gasteiger partial charge on any atom is -0.492 e. The zero-order chi connectivity index (χ0) is 16.5. The zero-order valence-corrected chi connectivity index (χ0v) is 13.6. The molecule has 1 aromatic heterocycles. The summed E-state index contributed by atoms with van der Waals surface area (Å²) < 4.78 is 31.2. The molecule has 1 aromatic carbocycles. The van der Waals surface area contributed by atoms with Gasteiger partial charge in [-0.2, -0.15) is 0 Å². The van der Waals surface area contributed by atoms with Gasteiger partial charge in [0.1, 0.15) is 12.4 Å². The maximum atomic E-state index is 13.1. The second kappa shape index (κ2) is 9.09. The molecule has 0 unspecified atom stereocenters. The SMILES string of the molecule is CCNC(=NCc1cccs1)NCCOc1ccc(F)c(F)c1. The van der Waals surface area contributed by atoms with Gasteiger partial charge in [0.25, 0.3) is 0 Å². The molecule has 4 nitrogen and oxygen atoms in total. The van der Waals surface area contributed by atoms with Crippen LogP contribution in [0, 0.1) is 11.6 Å². The van der Waals surface area contributed by atoms with Crippen molar-refractivity contribution >= 4 is 17.3 Å². The van der Waals surface area contributed by atoms with E-state index in [4.69, 9.17) is 4.74 Å². The van der Waals surface area contributed by atoms with Crippen molar-refractivity contribution in [2.45, 2.75) is 13.5 Å². The van der Waals surface area contributed by atoms with Crippen LogP contribution in [0.4, 0.5) is 8.78 Å². The highest BCUT2D eigenvalue weighted by molar-refractivity contribution is 7.09. The molecule has 0 saturated carbocycles. The first-order chi connectivity index (χ1) is 11.2. The van der Waals surface area contributed by atoms with Gasteiger partial charge in [-0.15, -0.1) is 11.3 Å². The molecular weight excluding hydrogens is 320 g/mol. The van der Waals surface area contributed by atoms with Crippen molar-refractivity contribution in [3.8, 4) is 5.75 Å². The van der Waals surface area contributed by atoms with Crippen LogP contribution in [-0.2, 0) is 6.54 Å². The van der Waals surface area contributed by atoms with Crippen molar-refractivity contribution in [1.29, 1.82) is 0 Å². The fourth-order valence-corrected chi connectivity index (χ4v) is 2.43. The molecule has 0 amide bonds. The van der Waals surface area contributed by atoms with Gasteiger partial charge >= 0.3 is 0 Å². The summed E-state index contributed by atoms with van der Waals surface area (Å²) in [5.74, 6) is -0.812. The number of rotatable bonds is 7. The Morgan fingerprint density at radius 2 is 2.09 bits per heavy atom. The maximum absolute atomic E-state index is 13.1. The summed E-state index contributed by atoms with van der Waals surface area (Å²) in [4.78, 5) is 5.65. The zero-order valence-electron chi connectivity index (χ0n) is 12.8. The van der Waals surface area contributed by atoms with Crippen LogP contribution < -0.4 is 15.4 Å². The van der Waals surface area contributed by atoms with Gasteiger partial charge in [-0.3, -0.25) is 0 Å². The van der Waals surface area contributed by atoms with Crippen LogP contribution in [0.15, 0.2) is 40.7 Å². The Bertz CT molecular complexity index is 632. The Morgan fingerprint density at radius 3 is 2.78 bits per heavy atom. The average molecular weight is 339 g/mol. The molecule has 0 spiro atoms. The Kier molecular flexibility index (Phi) is 6.80. The molecule has 7 heteroatoms. The van der Waals surface area contributed by atoms with Crippen LogP contribution in [0.1, 0.15) is 11.8 Å². The van der Waals surface area contributed by atoms with Gasteiger partial charge in [0.15, 0.2) is 17.6 Å². The first-order valence-corrected chi connectivity index (χ1v) is 8.19. The number of nitrogens with zero attached hydrogens (tertiary/aromatic N) is 1. The van der Waals surface area contributed by atoms with E-state index in [2.05, 4.69) is 15.6 Å². The lowest BCUT2D eigenvalue weighted by atomic mass is 10.3. The van der Waals surface area contributed by atoms with Gasteiger partial charge in [0.05, 0.1) is 13.1 Å². The molecule has 0 bridgehead atoms. The largest absolute Gasteiger partial charge is 0.492 e. The van der Waals surface area contributed by atoms with Crippen LogP contribution in [0.3, 0.4) is 0 Å². The Hall–Kier alpha value is -2.15. The van der Waals surface area contributed by atoms with Gasteiger partial charge < -0.3 is 15.4 Å². The topological polar surface area (TPSA) is 45.7 Å². The van der Waals surface area contributed by atoms with E-state index in [0.29, 0.717) is 31.4 Å². The molecule has 0 aliphatic heterocycles. The normalized spacial score (nSPS) is 11.3. The lowest BCUT2D eigenvalue weighted by Crippen LogP contribution is -2.39. The molecular formula is C16H19F2N3OS. The summed E-state index contributed by atoms with van der Waals surface area (Å²) >= 11 is 1.66. The standard InChI is InChI=1S/C16H19F2N3OS/c1-2-19-16(21-11-13-4-3-9-23-13)20-7-8-22-12-5-6-14(17)15(18)10-12/h3-6,9-10H,2,7-8,11H2,1H3,(H2,19,20,21). The van der Waals surface area contributed by atoms with E-state index < -0.39 is 11.6 Å². The third-order valence-corrected chi connectivity index (χ3v) is 3.73. The van der Waals surface area contributed by atoms with Crippen LogP contribution in [0.5, 0.6) is 5.75 Å². The molecule has 1 heterocycles. The minimum absolute atomic E-state index is 0.297. The maximum Gasteiger partial charge on any atom is 0.191 e. The molecule has 0 saturated heterocycles. The summed E-state index contributed by atoms with van der Waals surface area (Å²) in [6.07, 6.45) is 0. The summed E-state index contributed by atoms with van der Waals surface area (Å²) in [5, 5.41) is 8.28. The van der Waals surface area contributed by atoms with Gasteiger partial charge in [0.2, 0.25) is 0 Å². The fourth-order valence-electron chi connectivity index (χ4n) is 1.81. The number of aliphatic imine (C=N–C) groups is 1. The van der Waals surface area contributed by atoms with Crippen molar-refractivity contribution in [2.75, 3.05) is 19.7 Å². The number of hydrogen-bond donors (Lipinski definition) is 2. The molecule has 124 valence electrons. The van der Waals surface area contributed by atoms with E-state index >= 15 is 0 Å². The highest BCUT2D eigenvalue weighted by atomic mass is 32.1. The van der Waals surface area contributed by atoms with Crippen molar-refractivity contribution in [1.82, 2.24) is 10.6 Å². The first-order valence-electron chi connectivity index (χ1n) is 7.31. The summed E-state index contributed by atoms with van der Waals surface area (Å²) in [6, 6.07) is 7.50. The fraction of sp³-hybridized carbons (Fsp3) is 0.312. The van der Waals surface area contributed by atoms with E-state index in [0.717, 1.165) is 18.7 Å². The molecule has 23 heavy (non-hydrogen) atoms. The number of ether oxygens (including phenoxy) is 1. The Balaban J connectivity index is 1.77. The number of guanidine groups is 1. The van der Waals surface area contributed by atoms with Gasteiger partial charge in [-0.1, -0.05) is 6.07 Å². The van der Waals surface area contributed by atoms with Gasteiger partial charge in [-0.05, 0) is 30.5 Å². The van der Waals surface area contributed by atoms with E-state index in [1.165, 1.54) is 10.9 Å². The van der Waals surface area contributed by atoms with Crippen molar-refractivity contribution < 1.29 is 13.5 Å². The predicted octanol–water partition coefficient (Wildman–Crippen LogP) is 3.16. The quantitative estimate of drug-likeness (QED) is 0.463. The van der Waals surface area contributed by atoms with Crippen LogP contribution in [-0.4, -0.2) is 25.7 Å². The summed E-state index contributed by atoms with van der Waals surface area (Å²) in [7, 11) is 0. The second-order valence-electron chi connectivity index (χ2n) is 4.63. The molecule has 2 aromatic rings. The molecule has 2 N–H and O–H groups in total. The Labute approximate surface area is 138 Å². The molecule has 2 rings (SSSR count). The van der Waals surface area contributed by atoms with E-state index in [9.17, 15) is 8.78 Å². The van der Waals surface area contributed by atoms with E-state index in [-0.39, 0.29) is 0 Å². The molecule has 0 fully saturated rings. The second-order valence-corrected chi connectivity index (χ2v) is 5.66.